The summed E-state index contributed by atoms with van der Waals surface area (Å²) in [6.45, 7) is -2.92. The molecule has 0 N–H and O–H groups in total. The topological polar surface area (TPSA) is 57.8 Å². The Morgan fingerprint density at radius 3 is 2.93 bits per heavy atom. The Labute approximate surface area is 162 Å². The molecule has 0 saturated heterocycles. The molecule has 6 rings (SSSR count). The van der Waals surface area contributed by atoms with Crippen LogP contribution >= 0.6 is 11.6 Å². The van der Waals surface area contributed by atoms with Crippen molar-refractivity contribution in [3.63, 3.8) is 0 Å². The number of fused-ring (bicyclic) bond motifs is 6. The number of nitrogens with zero attached hydrogens (tertiary/aromatic N) is 5. The van der Waals surface area contributed by atoms with Gasteiger partial charge in [0.15, 0.2) is 5.82 Å². The monoisotopic (exact) mass is 399 g/mol. The van der Waals surface area contributed by atoms with E-state index in [1.807, 2.05) is 22.8 Å². The third-order valence-electron chi connectivity index (χ3n) is 5.50. The van der Waals surface area contributed by atoms with E-state index < -0.39 is 6.61 Å². The minimum Gasteiger partial charge on any atom is -0.434 e. The van der Waals surface area contributed by atoms with Crippen LogP contribution in [0.15, 0.2) is 42.7 Å². The molecule has 2 bridgehead atoms. The molecule has 2 aliphatic rings. The fourth-order valence-corrected chi connectivity index (χ4v) is 4.67. The summed E-state index contributed by atoms with van der Waals surface area (Å²) in [6.07, 6.45) is 2.31. The van der Waals surface area contributed by atoms with Crippen LogP contribution < -0.4 is 4.74 Å². The van der Waals surface area contributed by atoms with Gasteiger partial charge in [0, 0.05) is 22.6 Å². The fourth-order valence-electron chi connectivity index (χ4n) is 4.50. The van der Waals surface area contributed by atoms with Gasteiger partial charge in [-0.3, -0.25) is 0 Å². The molecule has 4 aromatic rings. The summed E-state index contributed by atoms with van der Waals surface area (Å²) in [5.74, 6) is 1.60. The minimum atomic E-state index is -2.92. The van der Waals surface area contributed by atoms with E-state index in [1.165, 1.54) is 0 Å². The van der Waals surface area contributed by atoms with Crippen LogP contribution in [0.25, 0.3) is 22.4 Å². The number of benzene rings is 2. The van der Waals surface area contributed by atoms with E-state index in [2.05, 4.69) is 14.8 Å². The summed E-state index contributed by atoms with van der Waals surface area (Å²) >= 11 is 6.23. The maximum atomic E-state index is 13.1. The number of rotatable bonds is 2. The van der Waals surface area contributed by atoms with Gasteiger partial charge in [-0.1, -0.05) is 23.7 Å². The maximum absolute atomic E-state index is 13.1. The van der Waals surface area contributed by atoms with E-state index in [0.29, 0.717) is 22.8 Å². The first-order valence-corrected chi connectivity index (χ1v) is 9.14. The van der Waals surface area contributed by atoms with Crippen molar-refractivity contribution in [2.24, 2.45) is 0 Å². The second-order valence-corrected chi connectivity index (χ2v) is 7.33. The smallest absolute Gasteiger partial charge is 0.387 e. The number of hydrogen-bond acceptors (Lipinski definition) is 4. The number of aromatic nitrogens is 5. The van der Waals surface area contributed by atoms with Gasteiger partial charge < -0.3 is 13.9 Å². The van der Waals surface area contributed by atoms with Crippen molar-refractivity contribution in [2.45, 2.75) is 25.1 Å². The number of alkyl halides is 2. The van der Waals surface area contributed by atoms with Crippen molar-refractivity contribution in [3.05, 3.63) is 59.1 Å². The van der Waals surface area contributed by atoms with Crippen LogP contribution in [0.4, 0.5) is 8.78 Å². The zero-order chi connectivity index (χ0) is 19.0. The molecule has 0 saturated carbocycles. The molecule has 0 aliphatic carbocycles. The number of imidazole rings is 1. The van der Waals surface area contributed by atoms with Crippen LogP contribution in [0.1, 0.15) is 29.9 Å². The zero-order valence-electron chi connectivity index (χ0n) is 14.3. The molecule has 0 fully saturated rings. The number of halogens is 3. The number of ether oxygens (including phenoxy) is 1. The Balaban J connectivity index is 1.71. The van der Waals surface area contributed by atoms with Crippen molar-refractivity contribution < 1.29 is 13.5 Å². The van der Waals surface area contributed by atoms with Gasteiger partial charge in [-0.05, 0) is 24.3 Å². The Hall–Kier alpha value is -3.00. The fraction of sp³-hybridized carbons (Fsp3) is 0.211. The molecule has 4 heterocycles. The molecule has 28 heavy (non-hydrogen) atoms. The van der Waals surface area contributed by atoms with Crippen LogP contribution in [0.2, 0.25) is 5.02 Å². The van der Waals surface area contributed by atoms with E-state index in [4.69, 9.17) is 21.3 Å². The Bertz CT molecular complexity index is 1250. The van der Waals surface area contributed by atoms with Crippen molar-refractivity contribution >= 4 is 22.6 Å². The molecule has 0 radical (unpaired) electrons. The third kappa shape index (κ3) is 2.03. The van der Waals surface area contributed by atoms with Crippen LogP contribution in [0, 0.1) is 0 Å². The quantitative estimate of drug-likeness (QED) is 0.500. The molecule has 2 aliphatic heterocycles. The first-order chi connectivity index (χ1) is 13.6. The summed E-state index contributed by atoms with van der Waals surface area (Å²) < 4.78 is 35.2. The van der Waals surface area contributed by atoms with Crippen LogP contribution in [0.5, 0.6) is 5.75 Å². The summed E-state index contributed by atoms with van der Waals surface area (Å²) in [7, 11) is 0. The molecule has 0 unspecified atom stereocenters. The van der Waals surface area contributed by atoms with Gasteiger partial charge in [-0.15, -0.1) is 10.2 Å². The number of hydrogen-bond donors (Lipinski definition) is 0. The van der Waals surface area contributed by atoms with Crippen molar-refractivity contribution in [2.75, 3.05) is 0 Å². The van der Waals surface area contributed by atoms with Gasteiger partial charge in [0.2, 0.25) is 0 Å². The standard InChI is InChI=1S/C19H12ClF2N5O/c20-9-4-5-11-12(6-9)27-13-7-14(18(27)24-11)26-8-23-25-17(26)10-2-1-3-15(16(10)13)28-19(21)22/h1-6,8,13-14,19H,7H2/t13-,14-/m1/s1. The lowest BCUT2D eigenvalue weighted by Gasteiger charge is -2.21. The highest BCUT2D eigenvalue weighted by Gasteiger charge is 2.42. The molecule has 2 atom stereocenters. The summed E-state index contributed by atoms with van der Waals surface area (Å²) in [5.41, 5.74) is 3.07. The largest absolute Gasteiger partial charge is 0.434 e. The molecule has 0 spiro atoms. The molecular formula is C19H12ClF2N5O. The first-order valence-electron chi connectivity index (χ1n) is 8.77. The highest BCUT2D eigenvalue weighted by Crippen LogP contribution is 2.51. The van der Waals surface area contributed by atoms with Gasteiger partial charge in [-0.2, -0.15) is 8.78 Å². The average molecular weight is 400 g/mol. The molecule has 0 amide bonds. The van der Waals surface area contributed by atoms with Crippen molar-refractivity contribution in [3.8, 4) is 17.1 Å². The first kappa shape index (κ1) is 16.0. The Morgan fingerprint density at radius 2 is 2.07 bits per heavy atom. The van der Waals surface area contributed by atoms with Crippen molar-refractivity contribution in [1.82, 2.24) is 24.3 Å². The van der Waals surface area contributed by atoms with Gasteiger partial charge in [-0.25, -0.2) is 4.98 Å². The molecule has 9 heteroatoms. The highest BCUT2D eigenvalue weighted by atomic mass is 35.5. The summed E-state index contributed by atoms with van der Waals surface area (Å²) in [6, 6.07) is 10.3. The Morgan fingerprint density at radius 1 is 1.18 bits per heavy atom. The second kappa shape index (κ2) is 5.51. The highest BCUT2D eigenvalue weighted by molar-refractivity contribution is 6.31. The SMILES string of the molecule is FC(F)Oc1cccc2c1[C@H]1C[C@H](c3nc4ccc(Cl)cc4n31)n1cnnc1-2. The average Bonchev–Trinajstić information content (AvgIpc) is 3.33. The van der Waals surface area contributed by atoms with E-state index >= 15 is 0 Å². The lowest BCUT2D eigenvalue weighted by atomic mass is 9.97. The molecule has 140 valence electrons. The van der Waals surface area contributed by atoms with Gasteiger partial charge in [0.05, 0.1) is 23.1 Å². The predicted octanol–water partition coefficient (Wildman–Crippen LogP) is 4.45. The van der Waals surface area contributed by atoms with Crippen LogP contribution in [-0.2, 0) is 0 Å². The lowest BCUT2D eigenvalue weighted by molar-refractivity contribution is -0.0506. The molecule has 2 aromatic heterocycles. The third-order valence-corrected chi connectivity index (χ3v) is 5.74. The zero-order valence-corrected chi connectivity index (χ0v) is 15.0. The van der Waals surface area contributed by atoms with Crippen molar-refractivity contribution in [1.29, 1.82) is 0 Å². The second-order valence-electron chi connectivity index (χ2n) is 6.90. The van der Waals surface area contributed by atoms with E-state index in [1.54, 1.807) is 24.5 Å². The predicted molar refractivity (Wildman–Crippen MR) is 97.7 cm³/mol. The van der Waals surface area contributed by atoms with Gasteiger partial charge in [0.1, 0.15) is 17.9 Å². The van der Waals surface area contributed by atoms with E-state index in [-0.39, 0.29) is 17.8 Å². The molecule has 6 nitrogen and oxygen atoms in total. The summed E-state index contributed by atoms with van der Waals surface area (Å²) in [4.78, 5) is 4.80. The van der Waals surface area contributed by atoms with Crippen LogP contribution in [-0.4, -0.2) is 30.9 Å². The van der Waals surface area contributed by atoms with E-state index in [9.17, 15) is 8.78 Å². The van der Waals surface area contributed by atoms with Gasteiger partial charge in [0.25, 0.3) is 0 Å². The summed E-state index contributed by atoms with van der Waals surface area (Å²) in [5, 5.41) is 8.90. The van der Waals surface area contributed by atoms with Gasteiger partial charge >= 0.3 is 6.61 Å². The lowest BCUT2D eigenvalue weighted by Crippen LogP contribution is -2.13. The normalized spacial score (nSPS) is 19.4. The van der Waals surface area contributed by atoms with E-state index in [0.717, 1.165) is 22.4 Å². The van der Waals surface area contributed by atoms with Crippen LogP contribution in [0.3, 0.4) is 0 Å². The maximum Gasteiger partial charge on any atom is 0.387 e. The minimum absolute atomic E-state index is 0.104. The molecular weight excluding hydrogens is 388 g/mol. The molecule has 2 aromatic carbocycles. The Kier molecular flexibility index (Phi) is 3.15.